The first kappa shape index (κ1) is 17.5. The second-order valence-corrected chi connectivity index (χ2v) is 5.62. The van der Waals surface area contributed by atoms with Gasteiger partial charge in [-0.2, -0.15) is 0 Å². The molecule has 1 unspecified atom stereocenters. The molecule has 24 heavy (non-hydrogen) atoms. The lowest BCUT2D eigenvalue weighted by molar-refractivity contribution is -0.134. The van der Waals surface area contributed by atoms with Crippen molar-refractivity contribution in [3.63, 3.8) is 0 Å². The summed E-state index contributed by atoms with van der Waals surface area (Å²) >= 11 is 0. The Kier molecular flexibility index (Phi) is 5.18. The van der Waals surface area contributed by atoms with Gasteiger partial charge in [0.15, 0.2) is 0 Å². The lowest BCUT2D eigenvalue weighted by atomic mass is 9.92. The van der Waals surface area contributed by atoms with E-state index in [2.05, 4.69) is 16.0 Å². The fourth-order valence-corrected chi connectivity index (χ4v) is 2.40. The summed E-state index contributed by atoms with van der Waals surface area (Å²) in [5.74, 6) is -1.27. The van der Waals surface area contributed by atoms with E-state index in [1.54, 1.807) is 37.3 Å². The van der Waals surface area contributed by atoms with Crippen LogP contribution in [0.25, 0.3) is 0 Å². The molecular weight excluding hydrogens is 312 g/mol. The Balaban J connectivity index is 2.04. The van der Waals surface area contributed by atoms with Crippen LogP contribution in [0.15, 0.2) is 30.3 Å². The molecule has 128 valence electrons. The molecule has 1 fully saturated rings. The van der Waals surface area contributed by atoms with Crippen molar-refractivity contribution in [2.45, 2.75) is 25.8 Å². The van der Waals surface area contributed by atoms with Gasteiger partial charge in [-0.15, -0.1) is 0 Å². The zero-order valence-electron chi connectivity index (χ0n) is 13.6. The molecule has 8 nitrogen and oxygen atoms in total. The smallest absolute Gasteiger partial charge is 0.325 e. The number of urea groups is 2. The van der Waals surface area contributed by atoms with Gasteiger partial charge in [-0.1, -0.05) is 37.3 Å². The standard InChI is InChI=1S/C16H20N4O4/c1-3-9-17-14(23)18-12(21)10-20-13(22)16(2,19-15(20)24)11-7-5-4-6-8-11/h4-8H,3,9-10H2,1-2H3,(H,19,24)(H2,17,18,21,23). The molecule has 2 rings (SSSR count). The molecule has 1 heterocycles. The number of carbonyl (C=O) groups excluding carboxylic acids is 4. The maximum Gasteiger partial charge on any atom is 0.325 e. The third-order valence-corrected chi connectivity index (χ3v) is 3.72. The van der Waals surface area contributed by atoms with Crippen LogP contribution in [0, 0.1) is 0 Å². The second kappa shape index (κ2) is 7.12. The Labute approximate surface area is 139 Å². The van der Waals surface area contributed by atoms with E-state index < -0.39 is 36.0 Å². The maximum atomic E-state index is 12.6. The minimum Gasteiger partial charge on any atom is -0.338 e. The number of rotatable bonds is 5. The molecule has 0 bridgehead atoms. The zero-order valence-corrected chi connectivity index (χ0v) is 13.6. The number of benzene rings is 1. The van der Waals surface area contributed by atoms with Gasteiger partial charge in [0.1, 0.15) is 12.1 Å². The van der Waals surface area contributed by atoms with Crippen LogP contribution in [0.5, 0.6) is 0 Å². The molecule has 0 spiro atoms. The molecule has 0 radical (unpaired) electrons. The minimum atomic E-state index is -1.23. The van der Waals surface area contributed by atoms with Gasteiger partial charge in [-0.25, -0.2) is 9.59 Å². The normalized spacial score (nSPS) is 19.8. The Hall–Kier alpha value is -2.90. The third-order valence-electron chi connectivity index (χ3n) is 3.72. The van der Waals surface area contributed by atoms with Gasteiger partial charge in [-0.3, -0.25) is 19.8 Å². The quantitative estimate of drug-likeness (QED) is 0.689. The fourth-order valence-electron chi connectivity index (χ4n) is 2.40. The molecule has 6 amide bonds. The van der Waals surface area contributed by atoms with E-state index in [9.17, 15) is 19.2 Å². The summed E-state index contributed by atoms with van der Waals surface area (Å²) in [4.78, 5) is 48.8. The van der Waals surface area contributed by atoms with Gasteiger partial charge < -0.3 is 10.6 Å². The zero-order chi connectivity index (χ0) is 17.7. The molecule has 0 aliphatic carbocycles. The van der Waals surface area contributed by atoms with Gasteiger partial charge >= 0.3 is 12.1 Å². The summed E-state index contributed by atoms with van der Waals surface area (Å²) in [6.45, 7) is 3.36. The van der Waals surface area contributed by atoms with E-state index in [4.69, 9.17) is 0 Å². The Morgan fingerprint density at radius 3 is 2.50 bits per heavy atom. The lowest BCUT2D eigenvalue weighted by Gasteiger charge is -2.22. The number of carbonyl (C=O) groups is 4. The molecule has 0 saturated carbocycles. The summed E-state index contributed by atoms with van der Waals surface area (Å²) in [5, 5.41) is 7.16. The fraction of sp³-hybridized carbons (Fsp3) is 0.375. The van der Waals surface area contributed by atoms with E-state index in [0.717, 1.165) is 11.3 Å². The van der Waals surface area contributed by atoms with Crippen molar-refractivity contribution in [3.05, 3.63) is 35.9 Å². The minimum absolute atomic E-state index is 0.425. The molecule has 3 N–H and O–H groups in total. The topological polar surface area (TPSA) is 108 Å². The van der Waals surface area contributed by atoms with Gasteiger partial charge in [0, 0.05) is 6.54 Å². The van der Waals surface area contributed by atoms with E-state index in [0.29, 0.717) is 12.1 Å². The number of nitrogens with zero attached hydrogens (tertiary/aromatic N) is 1. The number of nitrogens with one attached hydrogen (secondary N) is 3. The summed E-state index contributed by atoms with van der Waals surface area (Å²) < 4.78 is 0. The summed E-state index contributed by atoms with van der Waals surface area (Å²) in [7, 11) is 0. The van der Waals surface area contributed by atoms with Crippen LogP contribution in [-0.2, 0) is 15.1 Å². The highest BCUT2D eigenvalue weighted by Gasteiger charge is 2.49. The first-order chi connectivity index (χ1) is 11.4. The molecule has 8 heteroatoms. The lowest BCUT2D eigenvalue weighted by Crippen LogP contribution is -2.47. The number of hydrogen-bond acceptors (Lipinski definition) is 4. The Morgan fingerprint density at radius 2 is 1.88 bits per heavy atom. The van der Waals surface area contributed by atoms with Gasteiger partial charge in [0.2, 0.25) is 5.91 Å². The van der Waals surface area contributed by atoms with E-state index in [1.165, 1.54) is 0 Å². The van der Waals surface area contributed by atoms with Gasteiger partial charge in [-0.05, 0) is 18.9 Å². The largest absolute Gasteiger partial charge is 0.338 e. The molecular formula is C16H20N4O4. The Bertz CT molecular complexity index is 661. The molecule has 1 atom stereocenters. The Morgan fingerprint density at radius 1 is 1.21 bits per heavy atom. The first-order valence-electron chi connectivity index (χ1n) is 7.65. The van der Waals surface area contributed by atoms with Crippen molar-refractivity contribution in [3.8, 4) is 0 Å². The first-order valence-corrected chi connectivity index (χ1v) is 7.65. The van der Waals surface area contributed by atoms with Crippen LogP contribution in [0.3, 0.4) is 0 Å². The maximum absolute atomic E-state index is 12.6. The average Bonchev–Trinajstić information content (AvgIpc) is 2.78. The van der Waals surface area contributed by atoms with Crippen molar-refractivity contribution < 1.29 is 19.2 Å². The van der Waals surface area contributed by atoms with E-state index in [1.807, 2.05) is 6.92 Å². The molecule has 1 saturated heterocycles. The molecule has 1 aromatic carbocycles. The predicted octanol–water partition coefficient (Wildman–Crippen LogP) is 0.689. The highest BCUT2D eigenvalue weighted by Crippen LogP contribution is 2.28. The van der Waals surface area contributed by atoms with Crippen molar-refractivity contribution in [1.29, 1.82) is 0 Å². The number of imide groups is 2. The van der Waals surface area contributed by atoms with Gasteiger partial charge in [0.05, 0.1) is 0 Å². The molecule has 1 aliphatic heterocycles. The monoisotopic (exact) mass is 332 g/mol. The van der Waals surface area contributed by atoms with Crippen molar-refractivity contribution in [2.75, 3.05) is 13.1 Å². The van der Waals surface area contributed by atoms with Crippen LogP contribution in [-0.4, -0.2) is 41.9 Å². The third kappa shape index (κ3) is 3.53. The summed E-state index contributed by atoms with van der Waals surface area (Å²) in [6.07, 6.45) is 0.726. The summed E-state index contributed by atoms with van der Waals surface area (Å²) in [6, 6.07) is 7.44. The average molecular weight is 332 g/mol. The highest BCUT2D eigenvalue weighted by molar-refractivity contribution is 6.10. The SMILES string of the molecule is CCCNC(=O)NC(=O)CN1C(=O)NC(C)(c2ccccc2)C1=O. The van der Waals surface area contributed by atoms with E-state index in [-0.39, 0.29) is 0 Å². The molecule has 1 aliphatic rings. The molecule has 0 aromatic heterocycles. The van der Waals surface area contributed by atoms with Crippen LogP contribution in [0.1, 0.15) is 25.8 Å². The van der Waals surface area contributed by atoms with Crippen LogP contribution in [0.2, 0.25) is 0 Å². The van der Waals surface area contributed by atoms with Crippen LogP contribution in [0.4, 0.5) is 9.59 Å². The van der Waals surface area contributed by atoms with Crippen LogP contribution < -0.4 is 16.0 Å². The van der Waals surface area contributed by atoms with Crippen molar-refractivity contribution in [1.82, 2.24) is 20.9 Å². The number of hydrogen-bond donors (Lipinski definition) is 3. The predicted molar refractivity (Wildman–Crippen MR) is 85.9 cm³/mol. The van der Waals surface area contributed by atoms with Crippen molar-refractivity contribution in [2.24, 2.45) is 0 Å². The number of amides is 6. The van der Waals surface area contributed by atoms with E-state index >= 15 is 0 Å². The molecule has 1 aromatic rings. The summed E-state index contributed by atoms with van der Waals surface area (Å²) in [5.41, 5.74) is -0.615. The second-order valence-electron chi connectivity index (χ2n) is 5.62. The van der Waals surface area contributed by atoms with Gasteiger partial charge in [0.25, 0.3) is 5.91 Å². The highest BCUT2D eigenvalue weighted by atomic mass is 16.2. The van der Waals surface area contributed by atoms with Crippen molar-refractivity contribution >= 4 is 23.9 Å². The van der Waals surface area contributed by atoms with Crippen LogP contribution >= 0.6 is 0 Å².